The van der Waals surface area contributed by atoms with Crippen molar-refractivity contribution < 1.29 is 12.8 Å². The summed E-state index contributed by atoms with van der Waals surface area (Å²) in [6, 6.07) is 5.38. The van der Waals surface area contributed by atoms with Gasteiger partial charge in [0.1, 0.15) is 10.7 Å². The van der Waals surface area contributed by atoms with Crippen molar-refractivity contribution in [2.45, 2.75) is 11.8 Å². The van der Waals surface area contributed by atoms with Gasteiger partial charge in [0, 0.05) is 0 Å². The van der Waals surface area contributed by atoms with Crippen molar-refractivity contribution >= 4 is 9.84 Å². The van der Waals surface area contributed by atoms with Crippen molar-refractivity contribution in [2.75, 3.05) is 5.75 Å². The molecule has 12 heavy (non-hydrogen) atoms. The lowest BCUT2D eigenvalue weighted by atomic mass is 10.3. The highest BCUT2D eigenvalue weighted by molar-refractivity contribution is 7.91. The summed E-state index contributed by atoms with van der Waals surface area (Å²) < 4.78 is 35.3. The first-order valence-electron chi connectivity index (χ1n) is 3.55. The van der Waals surface area contributed by atoms with Crippen LogP contribution >= 0.6 is 0 Å². The van der Waals surface area contributed by atoms with E-state index in [1.165, 1.54) is 25.1 Å². The summed E-state index contributed by atoms with van der Waals surface area (Å²) in [7, 11) is -3.40. The Morgan fingerprint density at radius 3 is 2.42 bits per heavy atom. The van der Waals surface area contributed by atoms with Crippen molar-refractivity contribution in [3.05, 3.63) is 30.1 Å². The summed E-state index contributed by atoms with van der Waals surface area (Å²) in [5, 5.41) is 0. The second-order valence-electron chi connectivity index (χ2n) is 2.33. The van der Waals surface area contributed by atoms with E-state index in [-0.39, 0.29) is 10.6 Å². The molecule has 1 aromatic rings. The highest BCUT2D eigenvalue weighted by Crippen LogP contribution is 2.14. The summed E-state index contributed by atoms with van der Waals surface area (Å²) in [6.45, 7) is 1.49. The Morgan fingerprint density at radius 2 is 1.92 bits per heavy atom. The van der Waals surface area contributed by atoms with Gasteiger partial charge in [0.2, 0.25) is 0 Å². The predicted molar refractivity (Wildman–Crippen MR) is 44.1 cm³/mol. The minimum atomic E-state index is -3.40. The topological polar surface area (TPSA) is 34.1 Å². The lowest BCUT2D eigenvalue weighted by Gasteiger charge is -2.00. The van der Waals surface area contributed by atoms with Gasteiger partial charge in [-0.05, 0) is 12.1 Å². The molecule has 66 valence electrons. The number of benzene rings is 1. The number of hydrogen-bond acceptors (Lipinski definition) is 2. The van der Waals surface area contributed by atoms with Crippen LogP contribution in [0.25, 0.3) is 0 Å². The van der Waals surface area contributed by atoms with Crippen LogP contribution in [0.4, 0.5) is 4.39 Å². The molecule has 0 aromatic heterocycles. The average molecular weight is 188 g/mol. The van der Waals surface area contributed by atoms with Crippen LogP contribution in [-0.2, 0) is 9.84 Å². The molecule has 0 bridgehead atoms. The first-order chi connectivity index (χ1) is 5.58. The number of hydrogen-bond donors (Lipinski definition) is 0. The van der Waals surface area contributed by atoms with Crippen LogP contribution in [0.1, 0.15) is 6.92 Å². The monoisotopic (exact) mass is 188 g/mol. The molecule has 0 radical (unpaired) electrons. The van der Waals surface area contributed by atoms with Gasteiger partial charge >= 0.3 is 0 Å². The van der Waals surface area contributed by atoms with Gasteiger partial charge in [-0.2, -0.15) is 0 Å². The molecule has 0 spiro atoms. The lowest BCUT2D eigenvalue weighted by Crippen LogP contribution is -2.05. The molecule has 0 heterocycles. The fourth-order valence-corrected chi connectivity index (χ4v) is 1.81. The first-order valence-corrected chi connectivity index (χ1v) is 5.20. The summed E-state index contributed by atoms with van der Waals surface area (Å²) in [4.78, 5) is -0.215. The van der Waals surface area contributed by atoms with Crippen LogP contribution in [-0.4, -0.2) is 14.2 Å². The maximum Gasteiger partial charge on any atom is 0.180 e. The van der Waals surface area contributed by atoms with Gasteiger partial charge in [0.05, 0.1) is 5.75 Å². The lowest BCUT2D eigenvalue weighted by molar-refractivity contribution is 0.568. The van der Waals surface area contributed by atoms with E-state index in [0.717, 1.165) is 6.07 Å². The van der Waals surface area contributed by atoms with Crippen LogP contribution in [0.2, 0.25) is 0 Å². The third-order valence-corrected chi connectivity index (χ3v) is 3.31. The van der Waals surface area contributed by atoms with Crippen molar-refractivity contribution in [2.24, 2.45) is 0 Å². The maximum atomic E-state index is 12.9. The van der Waals surface area contributed by atoms with E-state index < -0.39 is 15.7 Å². The van der Waals surface area contributed by atoms with Crippen LogP contribution in [0, 0.1) is 5.82 Å². The molecule has 1 aromatic carbocycles. The number of rotatable bonds is 2. The quantitative estimate of drug-likeness (QED) is 0.706. The number of halogens is 1. The fraction of sp³-hybridized carbons (Fsp3) is 0.250. The SMILES string of the molecule is CCS(=O)(=O)c1ccccc1F. The van der Waals surface area contributed by atoms with Crippen molar-refractivity contribution in [1.29, 1.82) is 0 Å². The molecular formula is C8H9FO2S. The zero-order valence-electron chi connectivity index (χ0n) is 6.62. The van der Waals surface area contributed by atoms with Crippen molar-refractivity contribution in [3.63, 3.8) is 0 Å². The van der Waals surface area contributed by atoms with Gasteiger partial charge in [0.25, 0.3) is 0 Å². The van der Waals surface area contributed by atoms with Gasteiger partial charge in [-0.25, -0.2) is 12.8 Å². The summed E-state index contributed by atoms with van der Waals surface area (Å²) in [5.74, 6) is -0.757. The van der Waals surface area contributed by atoms with E-state index in [1.54, 1.807) is 0 Å². The second kappa shape index (κ2) is 3.23. The van der Waals surface area contributed by atoms with Crippen molar-refractivity contribution in [3.8, 4) is 0 Å². The highest BCUT2D eigenvalue weighted by atomic mass is 32.2. The van der Waals surface area contributed by atoms with Gasteiger partial charge < -0.3 is 0 Å². The van der Waals surface area contributed by atoms with E-state index >= 15 is 0 Å². The molecule has 0 aliphatic carbocycles. The molecule has 0 N–H and O–H groups in total. The molecule has 0 saturated heterocycles. The molecule has 0 aliphatic rings. The minimum absolute atomic E-state index is 0.0755. The van der Waals surface area contributed by atoms with E-state index in [4.69, 9.17) is 0 Å². The zero-order chi connectivity index (χ0) is 9.19. The van der Waals surface area contributed by atoms with E-state index in [9.17, 15) is 12.8 Å². The Balaban J connectivity index is 3.30. The van der Waals surface area contributed by atoms with Gasteiger partial charge in [-0.15, -0.1) is 0 Å². The average Bonchev–Trinajstić information content (AvgIpc) is 2.05. The molecule has 2 nitrogen and oxygen atoms in total. The molecule has 0 saturated carbocycles. The normalized spacial score (nSPS) is 11.5. The predicted octanol–water partition coefficient (Wildman–Crippen LogP) is 1.62. The highest BCUT2D eigenvalue weighted by Gasteiger charge is 2.15. The van der Waals surface area contributed by atoms with Crippen LogP contribution in [0.15, 0.2) is 29.2 Å². The molecule has 0 aliphatic heterocycles. The standard InChI is InChI=1S/C8H9FO2S/c1-2-12(10,11)8-6-4-3-5-7(8)9/h3-6H,2H2,1H3. The molecule has 1 rings (SSSR count). The summed E-state index contributed by atoms with van der Waals surface area (Å²) >= 11 is 0. The molecule has 0 amide bonds. The van der Waals surface area contributed by atoms with E-state index in [1.807, 2.05) is 0 Å². The third-order valence-electron chi connectivity index (χ3n) is 1.55. The first kappa shape index (κ1) is 9.19. The molecule has 0 unspecified atom stereocenters. The van der Waals surface area contributed by atoms with E-state index in [2.05, 4.69) is 0 Å². The summed E-state index contributed by atoms with van der Waals surface area (Å²) in [6.07, 6.45) is 0. The minimum Gasteiger partial charge on any atom is -0.224 e. The summed E-state index contributed by atoms with van der Waals surface area (Å²) in [5.41, 5.74) is 0. The molecule has 4 heteroatoms. The van der Waals surface area contributed by atoms with Gasteiger partial charge in [-0.1, -0.05) is 19.1 Å². The van der Waals surface area contributed by atoms with E-state index in [0.29, 0.717) is 0 Å². The molecular weight excluding hydrogens is 179 g/mol. The Kier molecular flexibility index (Phi) is 2.47. The molecule has 0 fully saturated rings. The Bertz CT molecular complexity index is 370. The van der Waals surface area contributed by atoms with Crippen LogP contribution < -0.4 is 0 Å². The van der Waals surface area contributed by atoms with Crippen LogP contribution in [0.5, 0.6) is 0 Å². The van der Waals surface area contributed by atoms with Crippen molar-refractivity contribution in [1.82, 2.24) is 0 Å². The Labute approximate surface area is 71.0 Å². The van der Waals surface area contributed by atoms with Gasteiger partial charge in [-0.3, -0.25) is 0 Å². The second-order valence-corrected chi connectivity index (χ2v) is 4.58. The largest absolute Gasteiger partial charge is 0.224 e. The van der Waals surface area contributed by atoms with Gasteiger partial charge in [0.15, 0.2) is 9.84 Å². The third kappa shape index (κ3) is 1.64. The fourth-order valence-electron chi connectivity index (χ4n) is 0.852. The maximum absolute atomic E-state index is 12.9. The van der Waals surface area contributed by atoms with Crippen LogP contribution in [0.3, 0.4) is 0 Å². The number of sulfone groups is 1. The zero-order valence-corrected chi connectivity index (χ0v) is 7.44. The Hall–Kier alpha value is -0.900. The molecule has 0 atom stereocenters. The smallest absolute Gasteiger partial charge is 0.180 e. The Morgan fingerprint density at radius 1 is 1.33 bits per heavy atom.